The van der Waals surface area contributed by atoms with Crippen LogP contribution >= 0.6 is 0 Å². The third-order valence-corrected chi connectivity index (χ3v) is 4.30. The van der Waals surface area contributed by atoms with Crippen LogP contribution in [0.15, 0.2) is 0 Å². The van der Waals surface area contributed by atoms with Gasteiger partial charge in [0.15, 0.2) is 0 Å². The molecule has 4 heteroatoms. The van der Waals surface area contributed by atoms with Gasteiger partial charge >= 0.3 is 5.97 Å². The summed E-state index contributed by atoms with van der Waals surface area (Å²) in [6.45, 7) is 2.29. The Kier molecular flexibility index (Phi) is 2.97. The summed E-state index contributed by atoms with van der Waals surface area (Å²) < 4.78 is 5.39. The molecule has 0 radical (unpaired) electrons. The molecule has 1 aliphatic heterocycles. The molecule has 2 rings (SSSR count). The van der Waals surface area contributed by atoms with Crippen LogP contribution in [0.25, 0.3) is 0 Å². The van der Waals surface area contributed by atoms with Gasteiger partial charge in [-0.25, -0.2) is 0 Å². The van der Waals surface area contributed by atoms with Crippen LogP contribution in [0.4, 0.5) is 0 Å². The molecule has 16 heavy (non-hydrogen) atoms. The molecule has 92 valence electrons. The molecule has 1 heterocycles. The highest BCUT2D eigenvalue weighted by molar-refractivity contribution is 5.76. The summed E-state index contributed by atoms with van der Waals surface area (Å²) in [4.78, 5) is 11.5. The van der Waals surface area contributed by atoms with Crippen LogP contribution in [0.2, 0.25) is 0 Å². The quantitative estimate of drug-likeness (QED) is 0.769. The summed E-state index contributed by atoms with van der Waals surface area (Å²) in [5.74, 6) is -0.821. The molecule has 2 fully saturated rings. The van der Waals surface area contributed by atoms with E-state index in [9.17, 15) is 15.0 Å². The lowest BCUT2D eigenvalue weighted by molar-refractivity contribution is -0.157. The van der Waals surface area contributed by atoms with Gasteiger partial charge in [-0.05, 0) is 32.6 Å². The number of hydrogen-bond acceptors (Lipinski definition) is 3. The average molecular weight is 228 g/mol. The van der Waals surface area contributed by atoms with Crippen molar-refractivity contribution >= 4 is 5.97 Å². The minimum atomic E-state index is -0.876. The largest absolute Gasteiger partial charge is 0.481 e. The van der Waals surface area contributed by atoms with E-state index < -0.39 is 17.0 Å². The fourth-order valence-corrected chi connectivity index (χ4v) is 3.17. The topological polar surface area (TPSA) is 66.8 Å². The van der Waals surface area contributed by atoms with E-state index in [1.54, 1.807) is 6.92 Å². The van der Waals surface area contributed by atoms with Crippen molar-refractivity contribution in [3.05, 3.63) is 0 Å². The van der Waals surface area contributed by atoms with Crippen LogP contribution in [0.1, 0.15) is 45.4 Å². The van der Waals surface area contributed by atoms with E-state index in [0.29, 0.717) is 19.4 Å². The molecular weight excluding hydrogens is 208 g/mol. The van der Waals surface area contributed by atoms with E-state index in [0.717, 1.165) is 25.7 Å². The average Bonchev–Trinajstić information content (AvgIpc) is 2.76. The molecule has 0 aromatic rings. The zero-order valence-corrected chi connectivity index (χ0v) is 9.74. The van der Waals surface area contributed by atoms with Gasteiger partial charge < -0.3 is 14.9 Å². The van der Waals surface area contributed by atoms with Crippen LogP contribution in [-0.2, 0) is 9.53 Å². The predicted octanol–water partition coefficient (Wildman–Crippen LogP) is 1.56. The summed E-state index contributed by atoms with van der Waals surface area (Å²) in [7, 11) is 0. The van der Waals surface area contributed by atoms with Gasteiger partial charge in [-0.2, -0.15) is 0 Å². The number of hydrogen-bond donors (Lipinski definition) is 2. The van der Waals surface area contributed by atoms with Crippen molar-refractivity contribution in [1.82, 2.24) is 0 Å². The fraction of sp³-hybridized carbons (Fsp3) is 0.917. The van der Waals surface area contributed by atoms with Gasteiger partial charge in [-0.1, -0.05) is 12.8 Å². The maximum atomic E-state index is 11.5. The Morgan fingerprint density at radius 3 is 2.44 bits per heavy atom. The minimum Gasteiger partial charge on any atom is -0.481 e. The molecule has 1 saturated carbocycles. The second kappa shape index (κ2) is 4.00. The molecule has 1 saturated heterocycles. The lowest BCUT2D eigenvalue weighted by Gasteiger charge is -2.35. The number of rotatable bonds is 3. The van der Waals surface area contributed by atoms with Gasteiger partial charge in [0.1, 0.15) is 0 Å². The molecule has 0 aromatic carbocycles. The SMILES string of the molecule is CC1OCCC1(CC1(O)CCCC1)C(=O)O. The first-order chi connectivity index (χ1) is 7.49. The van der Waals surface area contributed by atoms with Gasteiger partial charge in [0.2, 0.25) is 0 Å². The molecule has 1 aliphatic carbocycles. The van der Waals surface area contributed by atoms with E-state index in [4.69, 9.17) is 4.74 Å². The Labute approximate surface area is 95.6 Å². The van der Waals surface area contributed by atoms with E-state index in [2.05, 4.69) is 0 Å². The van der Waals surface area contributed by atoms with E-state index in [1.807, 2.05) is 0 Å². The summed E-state index contributed by atoms with van der Waals surface area (Å²) in [5, 5.41) is 19.8. The first-order valence-electron chi connectivity index (χ1n) is 6.06. The number of carbonyl (C=O) groups is 1. The molecule has 0 spiro atoms. The second-order valence-electron chi connectivity index (χ2n) is 5.33. The molecule has 0 bridgehead atoms. The normalized spacial score (nSPS) is 37.8. The number of ether oxygens (including phenoxy) is 1. The fourth-order valence-electron chi connectivity index (χ4n) is 3.17. The van der Waals surface area contributed by atoms with Crippen LogP contribution in [0.5, 0.6) is 0 Å². The predicted molar refractivity (Wildman–Crippen MR) is 58.1 cm³/mol. The van der Waals surface area contributed by atoms with Gasteiger partial charge in [-0.15, -0.1) is 0 Å². The monoisotopic (exact) mass is 228 g/mol. The zero-order chi connectivity index (χ0) is 11.8. The van der Waals surface area contributed by atoms with Crippen molar-refractivity contribution in [3.8, 4) is 0 Å². The Balaban J connectivity index is 2.17. The highest BCUT2D eigenvalue weighted by Crippen LogP contribution is 2.46. The molecule has 4 nitrogen and oxygen atoms in total. The van der Waals surface area contributed by atoms with Crippen LogP contribution in [0.3, 0.4) is 0 Å². The van der Waals surface area contributed by atoms with Crippen LogP contribution < -0.4 is 0 Å². The Morgan fingerprint density at radius 2 is 2.00 bits per heavy atom. The maximum Gasteiger partial charge on any atom is 0.312 e. The lowest BCUT2D eigenvalue weighted by Crippen LogP contribution is -2.44. The molecule has 2 unspecified atom stereocenters. The molecule has 0 amide bonds. The Bertz CT molecular complexity index is 283. The minimum absolute atomic E-state index is 0.297. The lowest BCUT2D eigenvalue weighted by atomic mass is 9.72. The summed E-state index contributed by atoms with van der Waals surface area (Å²) in [6.07, 6.45) is 4.03. The smallest absolute Gasteiger partial charge is 0.312 e. The van der Waals surface area contributed by atoms with Crippen LogP contribution in [-0.4, -0.2) is 34.5 Å². The molecule has 2 aliphatic rings. The first-order valence-corrected chi connectivity index (χ1v) is 6.06. The van der Waals surface area contributed by atoms with Crippen molar-refractivity contribution < 1.29 is 19.7 Å². The van der Waals surface area contributed by atoms with Crippen molar-refractivity contribution in [2.24, 2.45) is 5.41 Å². The number of aliphatic carboxylic acids is 1. The van der Waals surface area contributed by atoms with Gasteiger partial charge in [0.05, 0.1) is 17.1 Å². The van der Waals surface area contributed by atoms with E-state index >= 15 is 0 Å². The Morgan fingerprint density at radius 1 is 1.38 bits per heavy atom. The highest BCUT2D eigenvalue weighted by atomic mass is 16.5. The molecule has 2 atom stereocenters. The summed E-state index contributed by atoms with van der Waals surface area (Å²) in [6, 6.07) is 0. The Hall–Kier alpha value is -0.610. The molecular formula is C12H20O4. The van der Waals surface area contributed by atoms with Gasteiger partial charge in [0.25, 0.3) is 0 Å². The van der Waals surface area contributed by atoms with Gasteiger partial charge in [0, 0.05) is 6.61 Å². The summed E-state index contributed by atoms with van der Waals surface area (Å²) in [5.41, 5.74) is -1.65. The van der Waals surface area contributed by atoms with Crippen molar-refractivity contribution in [1.29, 1.82) is 0 Å². The van der Waals surface area contributed by atoms with Crippen LogP contribution in [0, 0.1) is 5.41 Å². The third-order valence-electron chi connectivity index (χ3n) is 4.30. The van der Waals surface area contributed by atoms with Crippen molar-refractivity contribution in [2.45, 2.75) is 57.2 Å². The number of carboxylic acid groups (broad SMARTS) is 1. The number of aliphatic hydroxyl groups is 1. The zero-order valence-electron chi connectivity index (χ0n) is 9.74. The first kappa shape index (κ1) is 11.9. The van der Waals surface area contributed by atoms with E-state index in [1.165, 1.54) is 0 Å². The summed E-state index contributed by atoms with van der Waals surface area (Å²) >= 11 is 0. The second-order valence-corrected chi connectivity index (χ2v) is 5.33. The maximum absolute atomic E-state index is 11.5. The van der Waals surface area contributed by atoms with Gasteiger partial charge in [-0.3, -0.25) is 4.79 Å². The van der Waals surface area contributed by atoms with E-state index in [-0.39, 0.29) is 6.10 Å². The third kappa shape index (κ3) is 1.84. The molecule has 0 aromatic heterocycles. The molecule has 2 N–H and O–H groups in total. The standard InChI is InChI=1S/C12H20O4/c1-9-12(10(13)14,6-7-16-9)8-11(15)4-2-3-5-11/h9,15H,2-8H2,1H3,(H,13,14). The van der Waals surface area contributed by atoms with Crippen molar-refractivity contribution in [3.63, 3.8) is 0 Å². The number of carboxylic acids is 1. The highest BCUT2D eigenvalue weighted by Gasteiger charge is 2.53. The van der Waals surface area contributed by atoms with Crippen molar-refractivity contribution in [2.75, 3.05) is 6.61 Å².